The lowest BCUT2D eigenvalue weighted by atomic mass is 10.4. The second kappa shape index (κ2) is 5.56. The minimum Gasteiger partial charge on any atom is -0.245 e. The Hall–Kier alpha value is -1.30. The molecule has 0 amide bonds. The topological polar surface area (TPSA) is 79.4 Å². The molecule has 1 N–H and O–H groups in total. The molecular weight excluding hydrogens is 340 g/mol. The van der Waals surface area contributed by atoms with E-state index in [4.69, 9.17) is 16.9 Å². The quantitative estimate of drug-likeness (QED) is 0.680. The molecule has 2 rings (SSSR count). The molecule has 2 heterocycles. The number of nitrogens with zero attached hydrogens (tertiary/aromatic N) is 5. The van der Waals surface area contributed by atoms with Crippen molar-refractivity contribution < 1.29 is 0 Å². The number of thioether (sulfide) groups is 1. The monoisotopic (exact) mass is 344 g/mol. The Balaban J connectivity index is 2.35. The average molecular weight is 346 g/mol. The summed E-state index contributed by atoms with van der Waals surface area (Å²) >= 11 is 10.3. The van der Waals surface area contributed by atoms with Gasteiger partial charge in [-0.2, -0.15) is 15.2 Å². The first-order chi connectivity index (χ1) is 8.63. The lowest BCUT2D eigenvalue weighted by Crippen LogP contribution is -2.13. The average Bonchev–Trinajstić information content (AvgIpc) is 2.74. The first kappa shape index (κ1) is 13.1. The van der Waals surface area contributed by atoms with E-state index in [9.17, 15) is 0 Å². The van der Waals surface area contributed by atoms with Crippen LogP contribution in [0.3, 0.4) is 0 Å². The van der Waals surface area contributed by atoms with Crippen molar-refractivity contribution in [1.82, 2.24) is 19.9 Å². The minimum absolute atomic E-state index is 0.324. The van der Waals surface area contributed by atoms with Gasteiger partial charge in [-0.1, -0.05) is 11.6 Å². The van der Waals surface area contributed by atoms with E-state index in [1.54, 1.807) is 6.20 Å². The van der Waals surface area contributed by atoms with Crippen LogP contribution in [0.25, 0.3) is 0 Å². The molecule has 0 fully saturated rings. The van der Waals surface area contributed by atoms with E-state index in [-0.39, 0.29) is 0 Å². The van der Waals surface area contributed by atoms with Gasteiger partial charge in [-0.3, -0.25) is 0 Å². The standard InChI is InChI=1S/C9H6BrClN6S/c1-18-8-6(2-12)7(10)14-9(15-8)16-17-4-5(11)3-13-17/h3-4H,1H3,(H,14,15,16). The summed E-state index contributed by atoms with van der Waals surface area (Å²) in [6, 6.07) is 2.05. The summed E-state index contributed by atoms with van der Waals surface area (Å²) in [5, 5.41) is 14.0. The van der Waals surface area contributed by atoms with Crippen LogP contribution in [0.15, 0.2) is 22.0 Å². The van der Waals surface area contributed by atoms with Gasteiger partial charge in [-0.15, -0.1) is 11.8 Å². The van der Waals surface area contributed by atoms with Gasteiger partial charge in [0.2, 0.25) is 5.95 Å². The molecule has 2 aromatic rings. The lowest BCUT2D eigenvalue weighted by Gasteiger charge is -2.07. The SMILES string of the molecule is CSc1nc(Nn2cc(Cl)cn2)nc(Br)c1C#N. The molecule has 18 heavy (non-hydrogen) atoms. The molecule has 6 nitrogen and oxygen atoms in total. The van der Waals surface area contributed by atoms with Gasteiger partial charge in [0.25, 0.3) is 0 Å². The van der Waals surface area contributed by atoms with Gasteiger partial charge in [-0.05, 0) is 22.2 Å². The molecule has 0 unspecified atom stereocenters. The molecule has 0 spiro atoms. The van der Waals surface area contributed by atoms with E-state index >= 15 is 0 Å². The van der Waals surface area contributed by atoms with Gasteiger partial charge in [-0.25, -0.2) is 15.4 Å². The molecule has 0 aliphatic heterocycles. The molecule has 0 aliphatic rings. The minimum atomic E-state index is 0.324. The summed E-state index contributed by atoms with van der Waals surface area (Å²) in [4.78, 5) is 9.71. The van der Waals surface area contributed by atoms with Gasteiger partial charge >= 0.3 is 0 Å². The highest BCUT2D eigenvalue weighted by Gasteiger charge is 2.12. The summed E-state index contributed by atoms with van der Waals surface area (Å²) < 4.78 is 0.435. The number of hydrogen-bond donors (Lipinski definition) is 1. The Kier molecular flexibility index (Phi) is 4.06. The second-order valence-electron chi connectivity index (χ2n) is 3.05. The molecule has 0 atom stereocenters. The lowest BCUT2D eigenvalue weighted by molar-refractivity contribution is 0.778. The molecule has 2 aromatic heterocycles. The fourth-order valence-corrected chi connectivity index (χ4v) is 2.41. The van der Waals surface area contributed by atoms with Gasteiger partial charge < -0.3 is 0 Å². The Morgan fingerprint density at radius 2 is 2.33 bits per heavy atom. The molecule has 0 aromatic carbocycles. The maximum absolute atomic E-state index is 8.99. The summed E-state index contributed by atoms with van der Waals surface area (Å²) in [7, 11) is 0. The zero-order valence-electron chi connectivity index (χ0n) is 9.05. The van der Waals surface area contributed by atoms with Crippen molar-refractivity contribution in [3.05, 3.63) is 27.6 Å². The molecule has 92 valence electrons. The van der Waals surface area contributed by atoms with E-state index in [2.05, 4.69) is 36.4 Å². The van der Waals surface area contributed by atoms with Crippen molar-refractivity contribution in [3.8, 4) is 6.07 Å². The molecule has 9 heteroatoms. The number of nitrogens with one attached hydrogen (secondary N) is 1. The van der Waals surface area contributed by atoms with Crippen molar-refractivity contribution >= 4 is 45.2 Å². The van der Waals surface area contributed by atoms with E-state index in [0.29, 0.717) is 26.2 Å². The summed E-state index contributed by atoms with van der Waals surface area (Å²) in [6.07, 6.45) is 4.91. The number of nitriles is 1. The van der Waals surface area contributed by atoms with Crippen LogP contribution in [0.2, 0.25) is 5.02 Å². The van der Waals surface area contributed by atoms with Crippen molar-refractivity contribution in [3.63, 3.8) is 0 Å². The van der Waals surface area contributed by atoms with Crippen LogP contribution >= 0.6 is 39.3 Å². The fraction of sp³-hybridized carbons (Fsp3) is 0.111. The highest BCUT2D eigenvalue weighted by atomic mass is 79.9. The van der Waals surface area contributed by atoms with Crippen LogP contribution < -0.4 is 5.43 Å². The first-order valence-corrected chi connectivity index (χ1v) is 7.02. The number of anilines is 1. The normalized spacial score (nSPS) is 10.1. The third-order valence-electron chi connectivity index (χ3n) is 1.90. The number of aromatic nitrogens is 4. The molecular formula is C9H6BrClN6S. The summed E-state index contributed by atoms with van der Waals surface area (Å²) in [5.41, 5.74) is 3.25. The molecule has 0 saturated heterocycles. The smallest absolute Gasteiger partial charge is 0.245 e. The van der Waals surface area contributed by atoms with Gasteiger partial charge in [0.1, 0.15) is 21.3 Å². The maximum Gasteiger partial charge on any atom is 0.245 e. The first-order valence-electron chi connectivity index (χ1n) is 4.63. The van der Waals surface area contributed by atoms with E-state index < -0.39 is 0 Å². The van der Waals surface area contributed by atoms with Crippen LogP contribution in [-0.4, -0.2) is 26.1 Å². The van der Waals surface area contributed by atoms with Crippen LogP contribution in [0, 0.1) is 11.3 Å². The fourth-order valence-electron chi connectivity index (χ4n) is 1.17. The van der Waals surface area contributed by atoms with Crippen molar-refractivity contribution in [2.75, 3.05) is 11.7 Å². The number of rotatable bonds is 3. The third-order valence-corrected chi connectivity index (χ3v) is 3.35. The summed E-state index contributed by atoms with van der Waals surface area (Å²) in [6.45, 7) is 0. The zero-order valence-corrected chi connectivity index (χ0v) is 12.2. The highest BCUT2D eigenvalue weighted by molar-refractivity contribution is 9.10. The Bertz CT molecular complexity index is 622. The van der Waals surface area contributed by atoms with Gasteiger partial charge in [0, 0.05) is 0 Å². The Morgan fingerprint density at radius 3 is 2.89 bits per heavy atom. The largest absolute Gasteiger partial charge is 0.245 e. The molecule has 0 aliphatic carbocycles. The van der Waals surface area contributed by atoms with Crippen LogP contribution in [-0.2, 0) is 0 Å². The van der Waals surface area contributed by atoms with Crippen molar-refractivity contribution in [1.29, 1.82) is 5.26 Å². The van der Waals surface area contributed by atoms with Crippen LogP contribution in [0.5, 0.6) is 0 Å². The van der Waals surface area contributed by atoms with Crippen molar-refractivity contribution in [2.45, 2.75) is 5.03 Å². The second-order valence-corrected chi connectivity index (χ2v) is 5.03. The Morgan fingerprint density at radius 1 is 1.56 bits per heavy atom. The number of hydrogen-bond acceptors (Lipinski definition) is 6. The van der Waals surface area contributed by atoms with E-state index in [0.717, 1.165) is 0 Å². The predicted molar refractivity (Wildman–Crippen MR) is 72.5 cm³/mol. The molecule has 0 radical (unpaired) electrons. The molecule has 0 saturated carbocycles. The van der Waals surface area contributed by atoms with E-state index in [1.807, 2.05) is 12.3 Å². The van der Waals surface area contributed by atoms with E-state index in [1.165, 1.54) is 22.7 Å². The van der Waals surface area contributed by atoms with Crippen molar-refractivity contribution in [2.24, 2.45) is 0 Å². The molecule has 0 bridgehead atoms. The Labute approximate surface area is 120 Å². The van der Waals surface area contributed by atoms with Crippen LogP contribution in [0.1, 0.15) is 5.56 Å². The number of halogens is 2. The third kappa shape index (κ3) is 2.75. The van der Waals surface area contributed by atoms with Gasteiger partial charge in [0.05, 0.1) is 17.4 Å². The summed E-state index contributed by atoms with van der Waals surface area (Å²) in [5.74, 6) is 0.324. The highest BCUT2D eigenvalue weighted by Crippen LogP contribution is 2.24. The predicted octanol–water partition coefficient (Wildman–Crippen LogP) is 2.56. The van der Waals surface area contributed by atoms with Gasteiger partial charge in [0.15, 0.2) is 0 Å². The maximum atomic E-state index is 8.99. The van der Waals surface area contributed by atoms with Crippen LogP contribution in [0.4, 0.5) is 5.95 Å². The zero-order chi connectivity index (χ0) is 13.1.